The number of hydrogen-bond donors (Lipinski definition) is 0. The lowest BCUT2D eigenvalue weighted by Crippen LogP contribution is -2.25. The summed E-state index contributed by atoms with van der Waals surface area (Å²) < 4.78 is 0. The molecule has 0 unspecified atom stereocenters. The summed E-state index contributed by atoms with van der Waals surface area (Å²) in [5.41, 5.74) is 2.57. The van der Waals surface area contributed by atoms with Gasteiger partial charge >= 0.3 is 0 Å². The van der Waals surface area contributed by atoms with Gasteiger partial charge < -0.3 is 4.90 Å². The molecule has 1 fully saturated rings. The number of benzene rings is 1. The molecule has 0 saturated carbocycles. The Hall–Kier alpha value is -1.53. The molecule has 1 aromatic carbocycles. The zero-order chi connectivity index (χ0) is 13.0. The first-order chi connectivity index (χ1) is 8.70. The van der Waals surface area contributed by atoms with E-state index in [-0.39, 0.29) is 12.4 Å². The van der Waals surface area contributed by atoms with E-state index in [2.05, 4.69) is 18.0 Å². The minimum Gasteiger partial charge on any atom is -0.363 e. The maximum atomic E-state index is 9.16. The molecule has 102 valence electrons. The first-order valence-corrected chi connectivity index (χ1v) is 6.50. The summed E-state index contributed by atoms with van der Waals surface area (Å²) in [6.45, 7) is 3.06. The third-order valence-electron chi connectivity index (χ3n) is 3.36. The van der Waals surface area contributed by atoms with Crippen LogP contribution in [0.4, 0.5) is 5.69 Å². The highest BCUT2D eigenvalue weighted by Crippen LogP contribution is 2.22. The van der Waals surface area contributed by atoms with Crippen molar-refractivity contribution >= 4 is 23.9 Å². The van der Waals surface area contributed by atoms with Gasteiger partial charge in [-0.3, -0.25) is 0 Å². The Bertz CT molecular complexity index is 503. The van der Waals surface area contributed by atoms with Crippen LogP contribution in [0.15, 0.2) is 23.2 Å². The monoisotopic (exact) mass is 277 g/mol. The van der Waals surface area contributed by atoms with Crippen molar-refractivity contribution in [3.63, 3.8) is 0 Å². The van der Waals surface area contributed by atoms with E-state index in [4.69, 9.17) is 10.3 Å². The summed E-state index contributed by atoms with van der Waals surface area (Å²) in [6, 6.07) is 8.08. The zero-order valence-corrected chi connectivity index (χ0v) is 12.3. The largest absolute Gasteiger partial charge is 0.363 e. The van der Waals surface area contributed by atoms with Crippen molar-refractivity contribution in [3.8, 4) is 6.07 Å². The fraction of sp³-hybridized carbons (Fsp3) is 0.467. The smallest absolute Gasteiger partial charge is 0.105 e. The Balaban J connectivity index is 0.00000180. The molecule has 0 bridgehead atoms. The molecule has 2 rings (SSSR count). The SMILES string of the molecule is Cc1ccc(N=C2CCCCCN2C)c(C#N)c1.Cl. The van der Waals surface area contributed by atoms with Crippen molar-refractivity contribution in [1.82, 2.24) is 4.90 Å². The lowest BCUT2D eigenvalue weighted by Gasteiger charge is -2.18. The molecular weight excluding hydrogens is 258 g/mol. The van der Waals surface area contributed by atoms with E-state index in [0.29, 0.717) is 5.56 Å². The number of likely N-dealkylation sites (tertiary alicyclic amines) is 1. The van der Waals surface area contributed by atoms with Crippen LogP contribution < -0.4 is 0 Å². The number of aliphatic imine (C=N–C) groups is 1. The van der Waals surface area contributed by atoms with Crippen molar-refractivity contribution in [2.45, 2.75) is 32.6 Å². The number of nitriles is 1. The molecule has 3 nitrogen and oxygen atoms in total. The minimum atomic E-state index is 0. The second-order valence-corrected chi connectivity index (χ2v) is 4.89. The summed E-state index contributed by atoms with van der Waals surface area (Å²) in [7, 11) is 2.09. The zero-order valence-electron chi connectivity index (χ0n) is 11.5. The third-order valence-corrected chi connectivity index (χ3v) is 3.36. The molecule has 0 aromatic heterocycles. The van der Waals surface area contributed by atoms with Gasteiger partial charge in [-0.25, -0.2) is 4.99 Å². The van der Waals surface area contributed by atoms with Gasteiger partial charge in [-0.05, 0) is 37.5 Å². The van der Waals surface area contributed by atoms with E-state index in [1.807, 2.05) is 25.1 Å². The molecule has 0 N–H and O–H groups in total. The van der Waals surface area contributed by atoms with Gasteiger partial charge in [0, 0.05) is 20.0 Å². The van der Waals surface area contributed by atoms with E-state index in [0.717, 1.165) is 30.1 Å². The van der Waals surface area contributed by atoms with Crippen LogP contribution in [0.2, 0.25) is 0 Å². The Morgan fingerprint density at radius 3 is 2.79 bits per heavy atom. The lowest BCUT2D eigenvalue weighted by molar-refractivity contribution is 0.494. The van der Waals surface area contributed by atoms with Crippen LogP contribution in [0.3, 0.4) is 0 Å². The van der Waals surface area contributed by atoms with Gasteiger partial charge in [-0.1, -0.05) is 12.5 Å². The average molecular weight is 278 g/mol. The van der Waals surface area contributed by atoms with Crippen LogP contribution in [0.5, 0.6) is 0 Å². The van der Waals surface area contributed by atoms with E-state index < -0.39 is 0 Å². The van der Waals surface area contributed by atoms with Gasteiger partial charge in [-0.15, -0.1) is 12.4 Å². The number of hydrogen-bond acceptors (Lipinski definition) is 2. The van der Waals surface area contributed by atoms with Gasteiger partial charge in [0.1, 0.15) is 11.9 Å². The van der Waals surface area contributed by atoms with E-state index in [9.17, 15) is 0 Å². The maximum absolute atomic E-state index is 9.16. The second kappa shape index (κ2) is 7.16. The van der Waals surface area contributed by atoms with Crippen molar-refractivity contribution in [2.75, 3.05) is 13.6 Å². The molecule has 0 amide bonds. The summed E-state index contributed by atoms with van der Waals surface area (Å²) in [5, 5.41) is 9.16. The van der Waals surface area contributed by atoms with Crippen molar-refractivity contribution < 1.29 is 0 Å². The summed E-state index contributed by atoms with van der Waals surface area (Å²) >= 11 is 0. The van der Waals surface area contributed by atoms with Crippen molar-refractivity contribution in [3.05, 3.63) is 29.3 Å². The molecule has 0 spiro atoms. The summed E-state index contributed by atoms with van der Waals surface area (Å²) in [5.74, 6) is 1.10. The molecule has 0 atom stereocenters. The first-order valence-electron chi connectivity index (χ1n) is 6.50. The van der Waals surface area contributed by atoms with E-state index in [1.165, 1.54) is 19.3 Å². The molecule has 1 aromatic rings. The fourth-order valence-corrected chi connectivity index (χ4v) is 2.25. The topological polar surface area (TPSA) is 39.4 Å². The molecular formula is C15H20ClN3. The number of amidine groups is 1. The highest BCUT2D eigenvalue weighted by molar-refractivity contribution is 5.86. The molecule has 0 aliphatic carbocycles. The number of nitrogens with zero attached hydrogens (tertiary/aromatic N) is 3. The van der Waals surface area contributed by atoms with E-state index >= 15 is 0 Å². The predicted molar refractivity (Wildman–Crippen MR) is 81.3 cm³/mol. The molecule has 0 radical (unpaired) electrons. The van der Waals surface area contributed by atoms with Crippen molar-refractivity contribution in [1.29, 1.82) is 5.26 Å². The van der Waals surface area contributed by atoms with Crippen LogP contribution in [-0.2, 0) is 0 Å². The van der Waals surface area contributed by atoms with Crippen LogP contribution in [0.1, 0.15) is 36.8 Å². The number of rotatable bonds is 1. The predicted octanol–water partition coefficient (Wildman–Crippen LogP) is 3.82. The van der Waals surface area contributed by atoms with Crippen molar-refractivity contribution in [2.24, 2.45) is 4.99 Å². The Kier molecular flexibility index (Phi) is 5.85. The van der Waals surface area contributed by atoms with Gasteiger partial charge in [-0.2, -0.15) is 5.26 Å². The Morgan fingerprint density at radius 1 is 1.26 bits per heavy atom. The molecule has 1 heterocycles. The second-order valence-electron chi connectivity index (χ2n) is 4.89. The Labute approximate surface area is 121 Å². The van der Waals surface area contributed by atoms with Crippen LogP contribution >= 0.6 is 12.4 Å². The molecule has 1 saturated heterocycles. The van der Waals surface area contributed by atoms with Crippen LogP contribution in [0.25, 0.3) is 0 Å². The Morgan fingerprint density at radius 2 is 2.05 bits per heavy atom. The van der Waals surface area contributed by atoms with Gasteiger partial charge in [0.15, 0.2) is 0 Å². The fourth-order valence-electron chi connectivity index (χ4n) is 2.25. The summed E-state index contributed by atoms with van der Waals surface area (Å²) in [6.07, 6.45) is 4.70. The molecule has 4 heteroatoms. The van der Waals surface area contributed by atoms with Crippen LogP contribution in [0, 0.1) is 18.3 Å². The standard InChI is InChI=1S/C15H19N3.ClH/c1-12-7-8-14(13(10-12)11-16)17-15-6-4-3-5-9-18(15)2;/h7-8,10H,3-6,9H2,1-2H3;1H. The third kappa shape index (κ3) is 3.97. The molecule has 19 heavy (non-hydrogen) atoms. The summed E-state index contributed by atoms with van der Waals surface area (Å²) in [4.78, 5) is 6.91. The van der Waals surface area contributed by atoms with E-state index in [1.54, 1.807) is 0 Å². The lowest BCUT2D eigenvalue weighted by atomic mass is 10.1. The van der Waals surface area contributed by atoms with Gasteiger partial charge in [0.25, 0.3) is 0 Å². The van der Waals surface area contributed by atoms with Crippen LogP contribution in [-0.4, -0.2) is 24.3 Å². The minimum absolute atomic E-state index is 0. The highest BCUT2D eigenvalue weighted by Gasteiger charge is 2.12. The molecule has 1 aliphatic heterocycles. The normalized spacial score (nSPS) is 17.5. The quantitative estimate of drug-likeness (QED) is 0.783. The average Bonchev–Trinajstić information content (AvgIpc) is 2.57. The first kappa shape index (κ1) is 15.5. The van der Waals surface area contributed by atoms with Gasteiger partial charge in [0.05, 0.1) is 11.3 Å². The highest BCUT2D eigenvalue weighted by atomic mass is 35.5. The molecule has 1 aliphatic rings. The maximum Gasteiger partial charge on any atom is 0.105 e. The van der Waals surface area contributed by atoms with Gasteiger partial charge in [0.2, 0.25) is 0 Å². The number of halogens is 1. The number of aryl methyl sites for hydroxylation is 1.